The molecule has 2 aromatic heterocycles. The van der Waals surface area contributed by atoms with Gasteiger partial charge in [0.25, 0.3) is 5.91 Å². The third-order valence-electron chi connectivity index (χ3n) is 5.68. The molecule has 0 fully saturated rings. The van der Waals surface area contributed by atoms with E-state index in [9.17, 15) is 4.79 Å². The molecule has 0 spiro atoms. The first-order valence-electron chi connectivity index (χ1n) is 10.1. The number of hydrogen-bond donors (Lipinski definition) is 1. The van der Waals surface area contributed by atoms with E-state index < -0.39 is 0 Å². The topological polar surface area (TPSA) is 84.2 Å². The average molecular weight is 414 g/mol. The predicted molar refractivity (Wildman–Crippen MR) is 115 cm³/mol. The fourth-order valence-corrected chi connectivity index (χ4v) is 4.00. The van der Waals surface area contributed by atoms with Crippen LogP contribution in [-0.2, 0) is 6.42 Å². The van der Waals surface area contributed by atoms with Gasteiger partial charge in [0.15, 0.2) is 11.5 Å². The van der Waals surface area contributed by atoms with E-state index in [1.165, 1.54) is 0 Å². The summed E-state index contributed by atoms with van der Waals surface area (Å²) in [5.41, 5.74) is 5.19. The number of benzene rings is 2. The second-order valence-corrected chi connectivity index (χ2v) is 7.63. The lowest BCUT2D eigenvalue weighted by atomic mass is 9.95. The zero-order valence-corrected chi connectivity index (χ0v) is 17.3. The van der Waals surface area contributed by atoms with Crippen molar-refractivity contribution in [2.24, 2.45) is 0 Å². The Balaban J connectivity index is 1.49. The highest BCUT2D eigenvalue weighted by Crippen LogP contribution is 2.35. The van der Waals surface area contributed by atoms with Gasteiger partial charge in [-0.3, -0.25) is 4.79 Å². The van der Waals surface area contributed by atoms with Gasteiger partial charge in [-0.25, -0.2) is 4.98 Å². The summed E-state index contributed by atoms with van der Waals surface area (Å²) in [6.07, 6.45) is 2.39. The molecule has 4 aromatic rings. The third-order valence-corrected chi connectivity index (χ3v) is 5.68. The summed E-state index contributed by atoms with van der Waals surface area (Å²) < 4.78 is 10.8. The lowest BCUT2D eigenvalue weighted by Crippen LogP contribution is -2.40. The van der Waals surface area contributed by atoms with Crippen molar-refractivity contribution in [1.82, 2.24) is 20.0 Å². The second kappa shape index (κ2) is 7.75. The quantitative estimate of drug-likeness (QED) is 0.542. The van der Waals surface area contributed by atoms with E-state index in [1.54, 1.807) is 19.5 Å². The first-order chi connectivity index (χ1) is 15.1. The van der Waals surface area contributed by atoms with Crippen molar-refractivity contribution in [2.45, 2.75) is 19.4 Å². The van der Waals surface area contributed by atoms with Gasteiger partial charge in [0.1, 0.15) is 11.8 Å². The van der Waals surface area contributed by atoms with Gasteiger partial charge in [0.05, 0.1) is 19.1 Å². The largest absolute Gasteiger partial charge is 0.497 e. The molecular formula is C24H22N4O3. The molecule has 1 atom stereocenters. The van der Waals surface area contributed by atoms with Crippen LogP contribution in [0.4, 0.5) is 0 Å². The van der Waals surface area contributed by atoms with Crippen molar-refractivity contribution in [3.05, 3.63) is 89.1 Å². The Bertz CT molecular complexity index is 1210. The van der Waals surface area contributed by atoms with Crippen molar-refractivity contribution in [3.63, 3.8) is 0 Å². The molecule has 5 rings (SSSR count). The Kier molecular flexibility index (Phi) is 4.78. The molecule has 1 aliphatic heterocycles. The highest BCUT2D eigenvalue weighted by Gasteiger charge is 2.35. The molecule has 31 heavy (non-hydrogen) atoms. The molecule has 1 N–H and O–H groups in total. The second-order valence-electron chi connectivity index (χ2n) is 7.63. The number of rotatable bonds is 4. The maximum atomic E-state index is 13.5. The highest BCUT2D eigenvalue weighted by molar-refractivity contribution is 5.94. The molecule has 1 aliphatic rings. The number of amides is 1. The van der Waals surface area contributed by atoms with E-state index in [2.05, 4.69) is 15.1 Å². The van der Waals surface area contributed by atoms with E-state index in [-0.39, 0.29) is 17.6 Å². The van der Waals surface area contributed by atoms with Gasteiger partial charge in [-0.15, -0.1) is 0 Å². The van der Waals surface area contributed by atoms with Crippen LogP contribution in [0.15, 0.2) is 65.4 Å². The monoisotopic (exact) mass is 414 g/mol. The number of H-pyrrole nitrogens is 1. The van der Waals surface area contributed by atoms with E-state index in [1.807, 2.05) is 60.4 Å². The van der Waals surface area contributed by atoms with Crippen LogP contribution < -0.4 is 4.74 Å². The number of nitrogens with zero attached hydrogens (tertiary/aromatic N) is 3. The number of methoxy groups -OCH3 is 1. The Labute approximate surface area is 179 Å². The maximum Gasteiger partial charge on any atom is 0.276 e. The Morgan fingerprint density at radius 2 is 1.94 bits per heavy atom. The van der Waals surface area contributed by atoms with E-state index in [0.717, 1.165) is 33.8 Å². The number of carbonyl (C=O) groups excluding carboxylic acids is 1. The van der Waals surface area contributed by atoms with Crippen LogP contribution in [0.5, 0.6) is 5.75 Å². The molecule has 0 saturated carbocycles. The van der Waals surface area contributed by atoms with Crippen LogP contribution in [0.2, 0.25) is 0 Å². The molecule has 1 amide bonds. The normalized spacial score (nSPS) is 15.5. The van der Waals surface area contributed by atoms with Gasteiger partial charge < -0.3 is 19.1 Å². The van der Waals surface area contributed by atoms with Gasteiger partial charge in [0, 0.05) is 30.3 Å². The van der Waals surface area contributed by atoms with Crippen molar-refractivity contribution >= 4 is 5.91 Å². The number of carbonyl (C=O) groups is 1. The fraction of sp³-hybridized carbons (Fsp3) is 0.208. The van der Waals surface area contributed by atoms with Crippen LogP contribution >= 0.6 is 0 Å². The maximum absolute atomic E-state index is 13.5. The first kappa shape index (κ1) is 19.1. The summed E-state index contributed by atoms with van der Waals surface area (Å²) in [6, 6.07) is 17.0. The van der Waals surface area contributed by atoms with Crippen LogP contribution in [0.1, 0.15) is 39.0 Å². The number of aromatic nitrogens is 3. The van der Waals surface area contributed by atoms with Crippen molar-refractivity contribution in [1.29, 1.82) is 0 Å². The zero-order valence-electron chi connectivity index (χ0n) is 17.3. The number of imidazole rings is 1. The number of aromatic amines is 1. The molecule has 0 bridgehead atoms. The van der Waals surface area contributed by atoms with Gasteiger partial charge in [-0.05, 0) is 24.6 Å². The van der Waals surface area contributed by atoms with Crippen molar-refractivity contribution in [2.75, 3.05) is 13.7 Å². The molecule has 0 aliphatic carbocycles. The molecule has 0 unspecified atom stereocenters. The first-order valence-corrected chi connectivity index (χ1v) is 10.1. The van der Waals surface area contributed by atoms with Gasteiger partial charge in [-0.2, -0.15) is 0 Å². The summed E-state index contributed by atoms with van der Waals surface area (Å²) in [4.78, 5) is 23.0. The van der Waals surface area contributed by atoms with Crippen LogP contribution in [-0.4, -0.2) is 39.6 Å². The standard InChI is InChI=1S/C24H22N4O3/c1-15-3-5-16(6-4-15)21-13-20(27-31-21)24(29)28-12-11-19-22(26-14-25-19)23(28)17-7-9-18(30-2)10-8-17/h3-10,13-14,23H,11-12H2,1-2H3,(H,25,26)/t23-/m1/s1. The molecular weight excluding hydrogens is 392 g/mol. The van der Waals surface area contributed by atoms with E-state index >= 15 is 0 Å². The smallest absolute Gasteiger partial charge is 0.276 e. The lowest BCUT2D eigenvalue weighted by molar-refractivity contribution is 0.0680. The number of hydrogen-bond acceptors (Lipinski definition) is 5. The zero-order chi connectivity index (χ0) is 21.4. The summed E-state index contributed by atoms with van der Waals surface area (Å²) >= 11 is 0. The molecule has 7 heteroatoms. The average Bonchev–Trinajstić information content (AvgIpc) is 3.48. The summed E-state index contributed by atoms with van der Waals surface area (Å²) in [6.45, 7) is 2.58. The fourth-order valence-electron chi connectivity index (χ4n) is 4.00. The molecule has 7 nitrogen and oxygen atoms in total. The highest BCUT2D eigenvalue weighted by atomic mass is 16.5. The van der Waals surface area contributed by atoms with Gasteiger partial charge in [-0.1, -0.05) is 47.1 Å². The van der Waals surface area contributed by atoms with Crippen molar-refractivity contribution < 1.29 is 14.1 Å². The summed E-state index contributed by atoms with van der Waals surface area (Å²) in [7, 11) is 1.63. The molecule has 2 aromatic carbocycles. The van der Waals surface area contributed by atoms with E-state index in [4.69, 9.17) is 9.26 Å². The summed E-state index contributed by atoms with van der Waals surface area (Å²) in [5, 5.41) is 4.07. The number of ether oxygens (including phenoxy) is 1. The van der Waals surface area contributed by atoms with E-state index in [0.29, 0.717) is 18.7 Å². The molecule has 0 radical (unpaired) electrons. The predicted octanol–water partition coefficient (Wildman–Crippen LogP) is 4.17. The minimum atomic E-state index is -0.312. The van der Waals surface area contributed by atoms with Crippen LogP contribution in [0, 0.1) is 6.92 Å². The lowest BCUT2D eigenvalue weighted by Gasteiger charge is -2.34. The minimum Gasteiger partial charge on any atom is -0.497 e. The summed E-state index contributed by atoms with van der Waals surface area (Å²) in [5.74, 6) is 1.15. The Hall–Kier alpha value is -3.87. The Morgan fingerprint density at radius 3 is 2.68 bits per heavy atom. The SMILES string of the molecule is COc1ccc([C@@H]2c3nc[nH]c3CCN2C(=O)c2cc(-c3ccc(C)cc3)on2)cc1. The third kappa shape index (κ3) is 3.48. The minimum absolute atomic E-state index is 0.184. The van der Waals surface area contributed by atoms with Crippen LogP contribution in [0.25, 0.3) is 11.3 Å². The van der Waals surface area contributed by atoms with Gasteiger partial charge >= 0.3 is 0 Å². The van der Waals surface area contributed by atoms with Crippen molar-refractivity contribution in [3.8, 4) is 17.1 Å². The number of aryl methyl sites for hydroxylation is 1. The molecule has 156 valence electrons. The van der Waals surface area contributed by atoms with Crippen LogP contribution in [0.3, 0.4) is 0 Å². The molecule has 0 saturated heterocycles. The Morgan fingerprint density at radius 1 is 1.16 bits per heavy atom. The molecule has 3 heterocycles. The number of nitrogens with one attached hydrogen (secondary N) is 1. The number of fused-ring (bicyclic) bond motifs is 1. The van der Waals surface area contributed by atoms with Gasteiger partial charge in [0.2, 0.25) is 0 Å².